The number of fused-ring (bicyclic) bond motifs is 2. The molecular formula is C16H12N2O2. The molecule has 2 aromatic heterocycles. The van der Waals surface area contributed by atoms with Crippen molar-refractivity contribution in [3.63, 3.8) is 0 Å². The molecule has 0 N–H and O–H groups in total. The summed E-state index contributed by atoms with van der Waals surface area (Å²) in [4.78, 5) is 8.83. The summed E-state index contributed by atoms with van der Waals surface area (Å²) in [5.74, 6) is 1.56. The SMILES string of the molecule is Cc1cc2cc3c(cc2c(-c2cccnc2)n1)OCO3. The number of aryl methyl sites for hydroxylation is 1. The van der Waals surface area contributed by atoms with E-state index in [4.69, 9.17) is 9.47 Å². The van der Waals surface area contributed by atoms with Crippen LogP contribution in [-0.2, 0) is 0 Å². The molecule has 0 saturated heterocycles. The molecule has 3 heterocycles. The average molecular weight is 264 g/mol. The first-order valence-electron chi connectivity index (χ1n) is 6.43. The van der Waals surface area contributed by atoms with Crippen LogP contribution in [0.25, 0.3) is 22.0 Å². The molecule has 0 unspecified atom stereocenters. The smallest absolute Gasteiger partial charge is 0.231 e. The molecule has 4 nitrogen and oxygen atoms in total. The highest BCUT2D eigenvalue weighted by Crippen LogP contribution is 2.39. The number of hydrogen-bond acceptors (Lipinski definition) is 4. The summed E-state index contributed by atoms with van der Waals surface area (Å²) in [6.45, 7) is 2.27. The van der Waals surface area contributed by atoms with E-state index in [1.807, 2.05) is 37.4 Å². The van der Waals surface area contributed by atoms with Crippen LogP contribution in [0.5, 0.6) is 11.5 Å². The summed E-state index contributed by atoms with van der Waals surface area (Å²) in [7, 11) is 0. The van der Waals surface area contributed by atoms with Crippen molar-refractivity contribution in [3.8, 4) is 22.8 Å². The predicted octanol–water partition coefficient (Wildman–Crippen LogP) is 3.33. The number of ether oxygens (including phenoxy) is 2. The van der Waals surface area contributed by atoms with E-state index in [0.717, 1.165) is 39.2 Å². The van der Waals surface area contributed by atoms with Crippen LogP contribution in [0.1, 0.15) is 5.69 Å². The van der Waals surface area contributed by atoms with Crippen LogP contribution in [-0.4, -0.2) is 16.8 Å². The van der Waals surface area contributed by atoms with Gasteiger partial charge in [0.15, 0.2) is 11.5 Å². The topological polar surface area (TPSA) is 44.2 Å². The highest BCUT2D eigenvalue weighted by atomic mass is 16.7. The molecule has 1 aromatic carbocycles. The van der Waals surface area contributed by atoms with Gasteiger partial charge in [0, 0.05) is 29.0 Å². The Hall–Kier alpha value is -2.62. The van der Waals surface area contributed by atoms with Crippen molar-refractivity contribution in [2.24, 2.45) is 0 Å². The van der Waals surface area contributed by atoms with Crippen LogP contribution in [0.2, 0.25) is 0 Å². The molecule has 3 aromatic rings. The van der Waals surface area contributed by atoms with Gasteiger partial charge in [-0.05, 0) is 42.6 Å². The Morgan fingerprint density at radius 2 is 1.95 bits per heavy atom. The van der Waals surface area contributed by atoms with Crippen molar-refractivity contribution in [1.82, 2.24) is 9.97 Å². The van der Waals surface area contributed by atoms with Gasteiger partial charge in [0.2, 0.25) is 6.79 Å². The summed E-state index contributed by atoms with van der Waals surface area (Å²) in [5, 5.41) is 2.15. The quantitative estimate of drug-likeness (QED) is 0.676. The van der Waals surface area contributed by atoms with E-state index in [9.17, 15) is 0 Å². The Balaban J connectivity index is 2.05. The minimum absolute atomic E-state index is 0.278. The van der Waals surface area contributed by atoms with E-state index in [-0.39, 0.29) is 6.79 Å². The second kappa shape index (κ2) is 4.20. The summed E-state index contributed by atoms with van der Waals surface area (Å²) in [5.41, 5.74) is 2.89. The first kappa shape index (κ1) is 11.2. The van der Waals surface area contributed by atoms with Crippen LogP contribution in [0.15, 0.2) is 42.7 Å². The molecule has 0 bridgehead atoms. The van der Waals surface area contributed by atoms with Crippen molar-refractivity contribution in [2.45, 2.75) is 6.92 Å². The zero-order valence-corrected chi connectivity index (χ0v) is 11.0. The van der Waals surface area contributed by atoms with E-state index >= 15 is 0 Å². The highest BCUT2D eigenvalue weighted by Gasteiger charge is 2.17. The second-order valence-electron chi connectivity index (χ2n) is 4.78. The number of pyridine rings is 2. The van der Waals surface area contributed by atoms with Crippen LogP contribution in [0.4, 0.5) is 0 Å². The maximum absolute atomic E-state index is 5.46. The van der Waals surface area contributed by atoms with Gasteiger partial charge in [0.25, 0.3) is 0 Å². The Morgan fingerprint density at radius 1 is 1.10 bits per heavy atom. The number of benzene rings is 1. The summed E-state index contributed by atoms with van der Waals surface area (Å²) >= 11 is 0. The molecular weight excluding hydrogens is 252 g/mol. The lowest BCUT2D eigenvalue weighted by Gasteiger charge is -2.08. The lowest BCUT2D eigenvalue weighted by atomic mass is 10.0. The molecule has 0 amide bonds. The molecule has 4 rings (SSSR count). The lowest BCUT2D eigenvalue weighted by molar-refractivity contribution is 0.174. The van der Waals surface area contributed by atoms with Crippen LogP contribution >= 0.6 is 0 Å². The maximum Gasteiger partial charge on any atom is 0.231 e. The van der Waals surface area contributed by atoms with E-state index < -0.39 is 0 Å². The highest BCUT2D eigenvalue weighted by molar-refractivity contribution is 5.97. The van der Waals surface area contributed by atoms with Gasteiger partial charge >= 0.3 is 0 Å². The predicted molar refractivity (Wildman–Crippen MR) is 75.8 cm³/mol. The van der Waals surface area contributed by atoms with Gasteiger partial charge in [-0.3, -0.25) is 9.97 Å². The molecule has 0 radical (unpaired) electrons. The van der Waals surface area contributed by atoms with E-state index in [1.54, 1.807) is 6.20 Å². The van der Waals surface area contributed by atoms with Gasteiger partial charge in [0.05, 0.1) is 5.69 Å². The van der Waals surface area contributed by atoms with Gasteiger partial charge < -0.3 is 9.47 Å². The maximum atomic E-state index is 5.46. The average Bonchev–Trinajstić information content (AvgIpc) is 2.92. The molecule has 0 spiro atoms. The van der Waals surface area contributed by atoms with Crippen molar-refractivity contribution in [3.05, 3.63) is 48.4 Å². The molecule has 1 aliphatic heterocycles. The molecule has 0 fully saturated rings. The molecule has 0 atom stereocenters. The third-order valence-corrected chi connectivity index (χ3v) is 3.39. The Morgan fingerprint density at radius 3 is 2.75 bits per heavy atom. The van der Waals surface area contributed by atoms with Gasteiger partial charge in [0.1, 0.15) is 0 Å². The Bertz CT molecular complexity index is 800. The molecule has 20 heavy (non-hydrogen) atoms. The van der Waals surface area contributed by atoms with Gasteiger partial charge in [-0.25, -0.2) is 0 Å². The van der Waals surface area contributed by atoms with Crippen molar-refractivity contribution in [2.75, 3.05) is 6.79 Å². The largest absolute Gasteiger partial charge is 0.454 e. The van der Waals surface area contributed by atoms with Gasteiger partial charge in [-0.15, -0.1) is 0 Å². The fourth-order valence-electron chi connectivity index (χ4n) is 2.50. The summed E-state index contributed by atoms with van der Waals surface area (Å²) < 4.78 is 10.9. The number of aromatic nitrogens is 2. The van der Waals surface area contributed by atoms with Crippen LogP contribution < -0.4 is 9.47 Å². The normalized spacial score (nSPS) is 12.8. The summed E-state index contributed by atoms with van der Waals surface area (Å²) in [6, 6.07) is 9.98. The molecule has 4 heteroatoms. The zero-order chi connectivity index (χ0) is 13.5. The second-order valence-corrected chi connectivity index (χ2v) is 4.78. The van der Waals surface area contributed by atoms with Crippen molar-refractivity contribution < 1.29 is 9.47 Å². The summed E-state index contributed by atoms with van der Waals surface area (Å²) in [6.07, 6.45) is 3.59. The Labute approximate surface area is 116 Å². The third-order valence-electron chi connectivity index (χ3n) is 3.39. The Kier molecular flexibility index (Phi) is 2.36. The minimum Gasteiger partial charge on any atom is -0.454 e. The number of hydrogen-bond donors (Lipinski definition) is 0. The van der Waals surface area contributed by atoms with E-state index in [2.05, 4.69) is 16.0 Å². The van der Waals surface area contributed by atoms with E-state index in [0.29, 0.717) is 0 Å². The molecule has 0 aliphatic carbocycles. The fourth-order valence-corrected chi connectivity index (χ4v) is 2.50. The van der Waals surface area contributed by atoms with Gasteiger partial charge in [-0.2, -0.15) is 0 Å². The molecule has 0 saturated carbocycles. The molecule has 1 aliphatic rings. The first-order chi connectivity index (χ1) is 9.81. The molecule has 98 valence electrons. The minimum atomic E-state index is 0.278. The zero-order valence-electron chi connectivity index (χ0n) is 11.0. The van der Waals surface area contributed by atoms with Crippen molar-refractivity contribution >= 4 is 10.8 Å². The standard InChI is InChI=1S/C16H12N2O2/c1-10-5-12-6-14-15(20-9-19-14)7-13(12)16(18-10)11-3-2-4-17-8-11/h2-8H,9H2,1H3. The van der Waals surface area contributed by atoms with Crippen LogP contribution in [0, 0.1) is 6.92 Å². The first-order valence-corrected chi connectivity index (χ1v) is 6.43. The fraction of sp³-hybridized carbons (Fsp3) is 0.125. The third kappa shape index (κ3) is 1.69. The van der Waals surface area contributed by atoms with Gasteiger partial charge in [-0.1, -0.05) is 0 Å². The van der Waals surface area contributed by atoms with Crippen LogP contribution in [0.3, 0.4) is 0 Å². The number of nitrogens with zero attached hydrogens (tertiary/aromatic N) is 2. The number of rotatable bonds is 1. The van der Waals surface area contributed by atoms with Crippen molar-refractivity contribution in [1.29, 1.82) is 0 Å². The monoisotopic (exact) mass is 264 g/mol. The van der Waals surface area contributed by atoms with E-state index in [1.165, 1.54) is 0 Å². The lowest BCUT2D eigenvalue weighted by Crippen LogP contribution is -1.92.